The molecule has 1 heterocycles. The number of imide groups is 2. The third-order valence-electron chi connectivity index (χ3n) is 4.61. The van der Waals surface area contributed by atoms with Gasteiger partial charge in [0, 0.05) is 9.86 Å². The lowest BCUT2D eigenvalue weighted by molar-refractivity contribution is -0.122. The Morgan fingerprint density at radius 1 is 0.966 bits per heavy atom. The number of rotatable bonds is 3. The normalized spacial score (nSPS) is 15.7. The second kappa shape index (κ2) is 7.52. The van der Waals surface area contributed by atoms with Crippen molar-refractivity contribution in [1.82, 2.24) is 5.32 Å². The van der Waals surface area contributed by atoms with E-state index in [4.69, 9.17) is 4.74 Å². The summed E-state index contributed by atoms with van der Waals surface area (Å²) in [4.78, 5) is 38.8. The molecule has 1 saturated heterocycles. The van der Waals surface area contributed by atoms with Crippen LogP contribution >= 0.6 is 15.9 Å². The Hall–Kier alpha value is -3.45. The van der Waals surface area contributed by atoms with Gasteiger partial charge in [0.15, 0.2) is 0 Å². The molecule has 0 spiro atoms. The van der Waals surface area contributed by atoms with Crippen molar-refractivity contribution in [1.29, 1.82) is 0 Å². The van der Waals surface area contributed by atoms with Gasteiger partial charge in [0.25, 0.3) is 11.8 Å². The van der Waals surface area contributed by atoms with E-state index in [1.807, 2.05) is 24.3 Å². The first kappa shape index (κ1) is 18.9. The quantitative estimate of drug-likeness (QED) is 0.477. The molecular weight excluding hydrogens is 436 g/mol. The lowest BCUT2D eigenvalue weighted by Crippen LogP contribution is -2.54. The van der Waals surface area contributed by atoms with Crippen molar-refractivity contribution in [2.24, 2.45) is 0 Å². The average molecular weight is 451 g/mol. The Bertz CT molecular complexity index is 1200. The molecule has 0 radical (unpaired) electrons. The number of methoxy groups -OCH3 is 1. The van der Waals surface area contributed by atoms with Gasteiger partial charge in [0.1, 0.15) is 11.3 Å². The number of halogens is 1. The van der Waals surface area contributed by atoms with Crippen LogP contribution in [0.15, 0.2) is 70.7 Å². The molecule has 1 aliphatic rings. The highest BCUT2D eigenvalue weighted by Crippen LogP contribution is 2.31. The Kier molecular flexibility index (Phi) is 4.90. The maximum absolute atomic E-state index is 13.1. The number of nitrogens with zero attached hydrogens (tertiary/aromatic N) is 1. The SMILES string of the molecule is COc1ccc(C=C2C(=O)NC(=O)N(c3cccc(Br)c3)C2=O)c2ccccc12. The molecule has 144 valence electrons. The van der Waals surface area contributed by atoms with Gasteiger partial charge in [-0.2, -0.15) is 0 Å². The smallest absolute Gasteiger partial charge is 0.335 e. The number of ether oxygens (including phenoxy) is 1. The number of amides is 4. The monoisotopic (exact) mass is 450 g/mol. The zero-order chi connectivity index (χ0) is 20.5. The van der Waals surface area contributed by atoms with Crippen LogP contribution < -0.4 is 15.0 Å². The number of hydrogen-bond acceptors (Lipinski definition) is 4. The zero-order valence-corrected chi connectivity index (χ0v) is 16.9. The Labute approximate surface area is 174 Å². The molecule has 0 saturated carbocycles. The molecule has 1 aliphatic heterocycles. The van der Waals surface area contributed by atoms with Crippen LogP contribution in [0, 0.1) is 0 Å². The number of carbonyl (C=O) groups is 3. The highest BCUT2D eigenvalue weighted by molar-refractivity contribution is 9.10. The Morgan fingerprint density at radius 3 is 2.45 bits per heavy atom. The van der Waals surface area contributed by atoms with Gasteiger partial charge in [0.2, 0.25) is 0 Å². The summed E-state index contributed by atoms with van der Waals surface area (Å²) < 4.78 is 6.10. The lowest BCUT2D eigenvalue weighted by Gasteiger charge is -2.26. The molecule has 3 aromatic carbocycles. The highest BCUT2D eigenvalue weighted by Gasteiger charge is 2.36. The molecule has 0 aromatic heterocycles. The minimum absolute atomic E-state index is 0.125. The van der Waals surface area contributed by atoms with Crippen LogP contribution in [0.2, 0.25) is 0 Å². The number of anilines is 1. The Morgan fingerprint density at radius 2 is 1.72 bits per heavy atom. The lowest BCUT2D eigenvalue weighted by atomic mass is 10.00. The fraction of sp³-hybridized carbons (Fsp3) is 0.0455. The van der Waals surface area contributed by atoms with Crippen LogP contribution in [0.1, 0.15) is 5.56 Å². The van der Waals surface area contributed by atoms with Gasteiger partial charge in [-0.05, 0) is 41.3 Å². The summed E-state index contributed by atoms with van der Waals surface area (Å²) in [6, 6.07) is 17.0. The van der Waals surface area contributed by atoms with Gasteiger partial charge in [-0.15, -0.1) is 0 Å². The van der Waals surface area contributed by atoms with Crippen LogP contribution in [0.5, 0.6) is 5.75 Å². The van der Waals surface area contributed by atoms with Crippen molar-refractivity contribution in [3.05, 3.63) is 76.3 Å². The zero-order valence-electron chi connectivity index (χ0n) is 15.3. The number of carbonyl (C=O) groups excluding carboxylic acids is 3. The van der Waals surface area contributed by atoms with E-state index >= 15 is 0 Å². The predicted molar refractivity (Wildman–Crippen MR) is 114 cm³/mol. The van der Waals surface area contributed by atoms with Crippen molar-refractivity contribution < 1.29 is 19.1 Å². The fourth-order valence-electron chi connectivity index (χ4n) is 3.26. The van der Waals surface area contributed by atoms with Crippen LogP contribution in [0.25, 0.3) is 16.8 Å². The summed E-state index contributed by atoms with van der Waals surface area (Å²) in [6.45, 7) is 0. The Balaban J connectivity index is 1.83. The molecule has 0 unspecified atom stereocenters. The van der Waals surface area contributed by atoms with Crippen LogP contribution in [0.4, 0.5) is 10.5 Å². The number of benzene rings is 3. The number of hydrogen-bond donors (Lipinski definition) is 1. The maximum atomic E-state index is 13.1. The van der Waals surface area contributed by atoms with E-state index in [1.165, 1.54) is 6.08 Å². The van der Waals surface area contributed by atoms with Gasteiger partial charge in [-0.25, -0.2) is 9.69 Å². The molecular formula is C22H15BrN2O4. The summed E-state index contributed by atoms with van der Waals surface area (Å²) >= 11 is 3.33. The predicted octanol–water partition coefficient (Wildman–Crippen LogP) is 4.28. The van der Waals surface area contributed by atoms with E-state index in [0.29, 0.717) is 21.5 Å². The second-order valence-electron chi connectivity index (χ2n) is 6.34. The summed E-state index contributed by atoms with van der Waals surface area (Å²) in [6.07, 6.45) is 1.50. The summed E-state index contributed by atoms with van der Waals surface area (Å²) in [5, 5.41) is 3.92. The number of fused-ring (bicyclic) bond motifs is 1. The maximum Gasteiger partial charge on any atom is 0.335 e. The molecule has 0 aliphatic carbocycles. The molecule has 7 heteroatoms. The average Bonchev–Trinajstić information content (AvgIpc) is 2.71. The molecule has 1 N–H and O–H groups in total. The van der Waals surface area contributed by atoms with Crippen molar-refractivity contribution in [2.75, 3.05) is 12.0 Å². The van der Waals surface area contributed by atoms with Gasteiger partial charge in [-0.1, -0.05) is 52.3 Å². The van der Waals surface area contributed by atoms with Gasteiger partial charge >= 0.3 is 6.03 Å². The number of nitrogens with one attached hydrogen (secondary N) is 1. The van der Waals surface area contributed by atoms with Crippen molar-refractivity contribution in [3.8, 4) is 5.75 Å². The molecule has 6 nitrogen and oxygen atoms in total. The molecule has 4 amide bonds. The van der Waals surface area contributed by atoms with E-state index in [9.17, 15) is 14.4 Å². The van der Waals surface area contributed by atoms with E-state index in [2.05, 4.69) is 21.2 Å². The second-order valence-corrected chi connectivity index (χ2v) is 7.26. The number of urea groups is 1. The van der Waals surface area contributed by atoms with E-state index in [1.54, 1.807) is 43.5 Å². The van der Waals surface area contributed by atoms with Crippen LogP contribution in [0.3, 0.4) is 0 Å². The largest absolute Gasteiger partial charge is 0.496 e. The summed E-state index contributed by atoms with van der Waals surface area (Å²) in [5.41, 5.74) is 0.906. The number of barbiturate groups is 1. The fourth-order valence-corrected chi connectivity index (χ4v) is 3.65. The summed E-state index contributed by atoms with van der Waals surface area (Å²) in [5.74, 6) is -0.726. The topological polar surface area (TPSA) is 75.7 Å². The van der Waals surface area contributed by atoms with Gasteiger partial charge in [-0.3, -0.25) is 14.9 Å². The minimum atomic E-state index is -0.783. The summed E-state index contributed by atoms with van der Waals surface area (Å²) in [7, 11) is 1.58. The van der Waals surface area contributed by atoms with E-state index in [0.717, 1.165) is 15.7 Å². The molecule has 4 rings (SSSR count). The standard InChI is InChI=1S/C22H15BrN2O4/c1-29-19-10-9-13(16-7-2-3-8-17(16)19)11-18-20(26)24-22(28)25(21(18)27)15-6-4-5-14(23)12-15/h2-12H,1H3,(H,24,26,28). The van der Waals surface area contributed by atoms with Gasteiger partial charge < -0.3 is 4.74 Å². The van der Waals surface area contributed by atoms with Crippen LogP contribution in [-0.2, 0) is 9.59 Å². The molecule has 3 aromatic rings. The first-order chi connectivity index (χ1) is 14.0. The van der Waals surface area contributed by atoms with E-state index < -0.39 is 17.8 Å². The molecule has 0 bridgehead atoms. The first-order valence-corrected chi connectivity index (χ1v) is 9.51. The first-order valence-electron chi connectivity index (χ1n) is 8.72. The third-order valence-corrected chi connectivity index (χ3v) is 5.10. The minimum Gasteiger partial charge on any atom is -0.496 e. The molecule has 0 atom stereocenters. The van der Waals surface area contributed by atoms with Crippen molar-refractivity contribution in [3.63, 3.8) is 0 Å². The highest BCUT2D eigenvalue weighted by atomic mass is 79.9. The van der Waals surface area contributed by atoms with Crippen LogP contribution in [-0.4, -0.2) is 25.0 Å². The molecule has 1 fully saturated rings. The van der Waals surface area contributed by atoms with Crippen molar-refractivity contribution in [2.45, 2.75) is 0 Å². The van der Waals surface area contributed by atoms with Crippen molar-refractivity contribution >= 4 is 56.3 Å². The molecule has 29 heavy (non-hydrogen) atoms. The van der Waals surface area contributed by atoms with Gasteiger partial charge in [0.05, 0.1) is 12.8 Å². The third kappa shape index (κ3) is 3.40. The van der Waals surface area contributed by atoms with E-state index in [-0.39, 0.29) is 5.57 Å².